The van der Waals surface area contributed by atoms with Crippen LogP contribution in [-0.4, -0.2) is 24.8 Å². The average Bonchev–Trinajstić information content (AvgIpc) is 2.96. The number of nitrogens with zero attached hydrogens (tertiary/aromatic N) is 2. The van der Waals surface area contributed by atoms with Crippen LogP contribution in [0.15, 0.2) is 60.0 Å². The molecule has 23 heavy (non-hydrogen) atoms. The number of thiazole rings is 1. The smallest absolute Gasteiger partial charge is 0.236 e. The number of para-hydroxylation sites is 1. The molecule has 0 atom stereocenters. The summed E-state index contributed by atoms with van der Waals surface area (Å²) in [5.41, 5.74) is 1.75. The van der Waals surface area contributed by atoms with E-state index in [1.54, 1.807) is 13.1 Å². The number of hydrogen-bond donors (Lipinski definition) is 0. The van der Waals surface area contributed by atoms with Gasteiger partial charge in [-0.05, 0) is 23.8 Å². The molecule has 4 nitrogen and oxygen atoms in total. The second-order valence-corrected chi connectivity index (χ2v) is 8.13. The highest BCUT2D eigenvalue weighted by Gasteiger charge is 2.16. The molecule has 118 valence electrons. The molecule has 0 amide bonds. The normalized spacial score (nSPS) is 12.4. The van der Waals surface area contributed by atoms with Crippen LogP contribution in [0.25, 0.3) is 16.3 Å². The number of benzene rings is 2. The zero-order valence-electron chi connectivity index (χ0n) is 12.6. The van der Waals surface area contributed by atoms with Crippen LogP contribution in [-0.2, 0) is 16.6 Å². The Morgan fingerprint density at radius 2 is 1.78 bits per heavy atom. The lowest BCUT2D eigenvalue weighted by Crippen LogP contribution is -2.24. The van der Waals surface area contributed by atoms with E-state index >= 15 is 0 Å². The first kappa shape index (κ1) is 15.9. The molecular formula is C17H16N2O2S2. The quantitative estimate of drug-likeness (QED) is 0.709. The minimum Gasteiger partial charge on any atom is -0.240 e. The molecule has 0 saturated heterocycles. The minimum absolute atomic E-state index is 0.265. The molecular weight excluding hydrogens is 328 g/mol. The summed E-state index contributed by atoms with van der Waals surface area (Å²) in [4.78, 5) is 4.47. The molecule has 3 aromatic rings. The van der Waals surface area contributed by atoms with Gasteiger partial charge in [-0.25, -0.2) is 13.4 Å². The van der Waals surface area contributed by atoms with Crippen molar-refractivity contribution in [3.63, 3.8) is 0 Å². The Labute approximate surface area is 139 Å². The van der Waals surface area contributed by atoms with Crippen molar-refractivity contribution in [3.05, 3.63) is 70.6 Å². The molecule has 0 radical (unpaired) electrons. The van der Waals surface area contributed by atoms with E-state index in [9.17, 15) is 8.42 Å². The van der Waals surface area contributed by atoms with Crippen LogP contribution in [0.5, 0.6) is 0 Å². The van der Waals surface area contributed by atoms with Crippen molar-refractivity contribution in [2.75, 3.05) is 7.05 Å². The number of hydrogen-bond acceptors (Lipinski definition) is 4. The van der Waals surface area contributed by atoms with E-state index in [0.717, 1.165) is 20.8 Å². The third-order valence-electron chi connectivity index (χ3n) is 3.36. The maximum absolute atomic E-state index is 12.3. The van der Waals surface area contributed by atoms with Gasteiger partial charge in [0, 0.05) is 12.5 Å². The average molecular weight is 344 g/mol. The Hall–Kier alpha value is -2.02. The van der Waals surface area contributed by atoms with Gasteiger partial charge in [-0.3, -0.25) is 0 Å². The van der Waals surface area contributed by atoms with Crippen molar-refractivity contribution in [3.8, 4) is 0 Å². The van der Waals surface area contributed by atoms with Crippen molar-refractivity contribution in [2.24, 2.45) is 0 Å². The lowest BCUT2D eigenvalue weighted by Gasteiger charge is -2.12. The summed E-state index contributed by atoms with van der Waals surface area (Å²) in [6.45, 7) is 0.265. The molecule has 0 aliphatic carbocycles. The molecule has 1 heterocycles. The van der Waals surface area contributed by atoms with Crippen molar-refractivity contribution in [1.82, 2.24) is 9.29 Å². The van der Waals surface area contributed by atoms with Gasteiger partial charge in [0.1, 0.15) is 5.01 Å². The molecule has 3 rings (SSSR count). The Kier molecular flexibility index (Phi) is 4.56. The molecule has 2 aromatic carbocycles. The second-order valence-electron chi connectivity index (χ2n) is 5.09. The fraction of sp³-hybridized carbons (Fsp3) is 0.118. The molecule has 0 spiro atoms. The summed E-state index contributed by atoms with van der Waals surface area (Å²) < 4.78 is 27.1. The summed E-state index contributed by atoms with van der Waals surface area (Å²) >= 11 is 1.51. The predicted octanol–water partition coefficient (Wildman–Crippen LogP) is 3.73. The molecule has 0 aliphatic rings. The summed E-state index contributed by atoms with van der Waals surface area (Å²) in [7, 11) is -1.91. The SMILES string of the molecule is CN(Cc1nc2ccccc2s1)S(=O)(=O)/C=C/c1ccccc1. The van der Waals surface area contributed by atoms with Crippen LogP contribution in [0.4, 0.5) is 0 Å². The summed E-state index contributed by atoms with van der Waals surface area (Å²) in [5, 5.41) is 2.01. The van der Waals surface area contributed by atoms with Gasteiger partial charge in [0.25, 0.3) is 0 Å². The van der Waals surface area contributed by atoms with Crippen LogP contribution in [0.2, 0.25) is 0 Å². The van der Waals surface area contributed by atoms with Gasteiger partial charge in [-0.2, -0.15) is 4.31 Å². The van der Waals surface area contributed by atoms with Crippen LogP contribution in [0, 0.1) is 0 Å². The second kappa shape index (κ2) is 6.62. The standard InChI is InChI=1S/C17H16N2O2S2/c1-19(13-17-18-15-9-5-6-10-16(15)22-17)23(20,21)12-11-14-7-3-2-4-8-14/h2-12H,13H2,1H3/b12-11+. The lowest BCUT2D eigenvalue weighted by molar-refractivity contribution is 0.475. The fourth-order valence-corrected chi connectivity index (χ4v) is 4.04. The van der Waals surface area contributed by atoms with E-state index in [4.69, 9.17) is 0 Å². The van der Waals surface area contributed by atoms with Crippen molar-refractivity contribution in [1.29, 1.82) is 0 Å². The van der Waals surface area contributed by atoms with E-state index in [1.807, 2.05) is 54.6 Å². The summed E-state index contributed by atoms with van der Waals surface area (Å²) in [5.74, 6) is 0. The predicted molar refractivity (Wildman–Crippen MR) is 95.5 cm³/mol. The molecule has 1 aromatic heterocycles. The first-order chi connectivity index (χ1) is 11.0. The van der Waals surface area contributed by atoms with Crippen LogP contribution in [0.1, 0.15) is 10.6 Å². The van der Waals surface area contributed by atoms with Crippen LogP contribution >= 0.6 is 11.3 Å². The van der Waals surface area contributed by atoms with Crippen molar-refractivity contribution >= 4 is 37.7 Å². The highest BCUT2D eigenvalue weighted by atomic mass is 32.2. The number of rotatable bonds is 5. The van der Waals surface area contributed by atoms with Crippen molar-refractivity contribution < 1.29 is 8.42 Å². The topological polar surface area (TPSA) is 50.3 Å². The molecule has 0 aliphatic heterocycles. The van der Waals surface area contributed by atoms with Crippen LogP contribution < -0.4 is 0 Å². The number of fused-ring (bicyclic) bond motifs is 1. The maximum Gasteiger partial charge on any atom is 0.236 e. The Bertz CT molecular complexity index is 898. The molecule has 0 N–H and O–H groups in total. The largest absolute Gasteiger partial charge is 0.240 e. The monoisotopic (exact) mass is 344 g/mol. The first-order valence-corrected chi connectivity index (χ1v) is 9.40. The Morgan fingerprint density at radius 1 is 1.09 bits per heavy atom. The molecule has 0 saturated carbocycles. The summed E-state index contributed by atoms with van der Waals surface area (Å²) in [6.07, 6.45) is 1.60. The van der Waals surface area contributed by atoms with Gasteiger partial charge in [0.2, 0.25) is 10.0 Å². The number of aromatic nitrogens is 1. The molecule has 0 unspecified atom stereocenters. The van der Waals surface area contributed by atoms with E-state index in [0.29, 0.717) is 0 Å². The molecule has 0 bridgehead atoms. The van der Waals surface area contributed by atoms with Crippen molar-refractivity contribution in [2.45, 2.75) is 6.54 Å². The Morgan fingerprint density at radius 3 is 2.52 bits per heavy atom. The summed E-state index contributed by atoms with van der Waals surface area (Å²) in [6, 6.07) is 17.2. The third-order valence-corrected chi connectivity index (χ3v) is 5.86. The zero-order valence-corrected chi connectivity index (χ0v) is 14.2. The van der Waals surface area contributed by atoms with Crippen LogP contribution in [0.3, 0.4) is 0 Å². The Balaban J connectivity index is 1.76. The maximum atomic E-state index is 12.3. The van der Waals surface area contributed by atoms with Gasteiger partial charge >= 0.3 is 0 Å². The van der Waals surface area contributed by atoms with E-state index < -0.39 is 10.0 Å². The van der Waals surface area contributed by atoms with E-state index in [2.05, 4.69) is 4.98 Å². The zero-order chi connectivity index (χ0) is 16.3. The fourth-order valence-electron chi connectivity index (χ4n) is 2.10. The molecule has 6 heteroatoms. The van der Waals surface area contributed by atoms with E-state index in [1.165, 1.54) is 21.1 Å². The molecule has 0 fully saturated rings. The van der Waals surface area contributed by atoms with Gasteiger partial charge in [0.05, 0.1) is 16.8 Å². The first-order valence-electron chi connectivity index (χ1n) is 7.08. The van der Waals surface area contributed by atoms with Gasteiger partial charge in [-0.1, -0.05) is 42.5 Å². The minimum atomic E-state index is -3.47. The highest BCUT2D eigenvalue weighted by Crippen LogP contribution is 2.23. The third kappa shape index (κ3) is 3.85. The van der Waals surface area contributed by atoms with Gasteiger partial charge < -0.3 is 0 Å². The van der Waals surface area contributed by atoms with Gasteiger partial charge in [-0.15, -0.1) is 11.3 Å². The number of sulfonamides is 1. The van der Waals surface area contributed by atoms with Gasteiger partial charge in [0.15, 0.2) is 0 Å². The highest BCUT2D eigenvalue weighted by molar-refractivity contribution is 7.92. The van der Waals surface area contributed by atoms with E-state index in [-0.39, 0.29) is 6.54 Å². The lowest BCUT2D eigenvalue weighted by atomic mass is 10.2.